The lowest BCUT2D eigenvalue weighted by molar-refractivity contribution is -0.117. The quantitative estimate of drug-likeness (QED) is 0.310. The van der Waals surface area contributed by atoms with E-state index >= 15 is 0 Å². The Morgan fingerprint density at radius 2 is 1.90 bits per heavy atom. The maximum atomic E-state index is 13.3. The van der Waals surface area contributed by atoms with Gasteiger partial charge in [0, 0.05) is 31.0 Å². The minimum Gasteiger partial charge on any atom is -0.384 e. The second kappa shape index (κ2) is 10.8. The largest absolute Gasteiger partial charge is 0.384 e. The van der Waals surface area contributed by atoms with Gasteiger partial charge in [-0.15, -0.1) is 6.58 Å². The molecule has 3 fully saturated rings. The molecule has 6 heterocycles. The summed E-state index contributed by atoms with van der Waals surface area (Å²) < 4.78 is 3.12. The van der Waals surface area contributed by atoms with Crippen LogP contribution in [0.2, 0.25) is 0 Å². The van der Waals surface area contributed by atoms with Crippen molar-refractivity contribution in [3.05, 3.63) is 77.4 Å². The molecule has 3 aliphatic heterocycles. The minimum atomic E-state index is -1.16. The third-order valence-electron chi connectivity index (χ3n) is 8.25. The maximum Gasteiger partial charge on any atom is 0.278 e. The first kappa shape index (κ1) is 27.8. The number of amides is 1. The van der Waals surface area contributed by atoms with E-state index in [2.05, 4.69) is 26.8 Å². The molecule has 11 heteroatoms. The molecule has 3 saturated heterocycles. The summed E-state index contributed by atoms with van der Waals surface area (Å²) in [7, 11) is 0. The van der Waals surface area contributed by atoms with E-state index in [0.29, 0.717) is 34.4 Å². The zero-order valence-corrected chi connectivity index (χ0v) is 24.2. The molecule has 3 aliphatic rings. The number of fused-ring (bicyclic) bond motifs is 4. The van der Waals surface area contributed by atoms with Crippen molar-refractivity contribution in [2.24, 2.45) is 5.92 Å². The molecule has 1 amide bonds. The van der Waals surface area contributed by atoms with Crippen LogP contribution in [0, 0.1) is 5.92 Å². The molecule has 11 nitrogen and oxygen atoms in total. The van der Waals surface area contributed by atoms with E-state index in [-0.39, 0.29) is 24.1 Å². The minimum absolute atomic E-state index is 0.0486. The van der Waals surface area contributed by atoms with Gasteiger partial charge in [0.25, 0.3) is 5.56 Å². The van der Waals surface area contributed by atoms with E-state index in [9.17, 15) is 14.7 Å². The number of hydrogen-bond donors (Lipinski definition) is 2. The highest BCUT2D eigenvalue weighted by Gasteiger charge is 2.39. The average Bonchev–Trinajstić information content (AvgIpc) is 3.25. The molecule has 42 heavy (non-hydrogen) atoms. The van der Waals surface area contributed by atoms with Gasteiger partial charge in [0.15, 0.2) is 11.5 Å². The first-order chi connectivity index (χ1) is 20.1. The summed E-state index contributed by atoms with van der Waals surface area (Å²) in [5, 5.41) is 14.1. The van der Waals surface area contributed by atoms with Crippen LogP contribution in [0.3, 0.4) is 0 Å². The molecule has 3 aromatic heterocycles. The number of carbonyl (C=O) groups excluding carboxylic acids is 1. The van der Waals surface area contributed by atoms with E-state index in [1.165, 1.54) is 10.9 Å². The molecule has 1 aromatic carbocycles. The van der Waals surface area contributed by atoms with Crippen LogP contribution in [0.25, 0.3) is 16.9 Å². The Morgan fingerprint density at radius 1 is 1.17 bits per heavy atom. The molecule has 0 saturated carbocycles. The van der Waals surface area contributed by atoms with Crippen molar-refractivity contribution in [3.8, 4) is 5.82 Å². The van der Waals surface area contributed by atoms with Crippen molar-refractivity contribution in [1.82, 2.24) is 29.2 Å². The van der Waals surface area contributed by atoms with Gasteiger partial charge in [-0.25, -0.2) is 19.3 Å². The summed E-state index contributed by atoms with van der Waals surface area (Å²) in [5.41, 5.74) is 1.02. The lowest BCUT2D eigenvalue weighted by Crippen LogP contribution is -2.58. The molecule has 2 N–H and O–H groups in total. The fourth-order valence-electron chi connectivity index (χ4n) is 6.16. The third-order valence-corrected chi connectivity index (χ3v) is 8.25. The third kappa shape index (κ3) is 5.10. The molecule has 7 rings (SSSR count). The number of hydrogen-bond acceptors (Lipinski definition) is 8. The van der Waals surface area contributed by atoms with Crippen molar-refractivity contribution in [2.45, 2.75) is 51.8 Å². The molecule has 1 atom stereocenters. The van der Waals surface area contributed by atoms with Crippen LogP contribution in [0.4, 0.5) is 17.3 Å². The molecule has 218 valence electrons. The van der Waals surface area contributed by atoms with Crippen LogP contribution in [-0.2, 0) is 16.9 Å². The summed E-state index contributed by atoms with van der Waals surface area (Å²) in [4.78, 5) is 44.1. The number of allylic oxidation sites excluding steroid dienone is 1. The van der Waals surface area contributed by atoms with E-state index in [4.69, 9.17) is 4.98 Å². The second-order valence-corrected chi connectivity index (χ2v) is 11.6. The standard InChI is InChI=1S/C31H36N8O3/c1-5-15-37-29(41)24-18-32-30(35-28(24)39(37)27-8-6-7-26(34-27)31(3,4)42)33-22-9-11-23(12-10-22)38(20(2)40)25-19-36-16-13-21(25)14-17-36/h5-12,18,21,25,42H,1,13-17,19H2,2-4H3,(H,32,33,35). The lowest BCUT2D eigenvalue weighted by Gasteiger charge is -2.48. The molecule has 0 aliphatic carbocycles. The SMILES string of the molecule is C=CCn1c(=O)c2cnc(Nc3ccc(N(C(C)=O)C4CN5CCC4CC5)cc3)nc2n1-c1cccc(C(C)(C)O)n1. The van der Waals surface area contributed by atoms with Crippen LogP contribution in [-0.4, -0.2) is 65.9 Å². The highest BCUT2D eigenvalue weighted by atomic mass is 16.3. The van der Waals surface area contributed by atoms with Gasteiger partial charge in [0.2, 0.25) is 11.9 Å². The number of rotatable bonds is 8. The average molecular weight is 569 g/mol. The van der Waals surface area contributed by atoms with Gasteiger partial charge < -0.3 is 20.2 Å². The summed E-state index contributed by atoms with van der Waals surface area (Å²) in [6.07, 6.45) is 5.39. The predicted molar refractivity (Wildman–Crippen MR) is 162 cm³/mol. The van der Waals surface area contributed by atoms with Crippen molar-refractivity contribution in [1.29, 1.82) is 0 Å². The van der Waals surface area contributed by atoms with Gasteiger partial charge in [0.1, 0.15) is 11.0 Å². The van der Waals surface area contributed by atoms with E-state index in [1.807, 2.05) is 29.2 Å². The van der Waals surface area contributed by atoms with Gasteiger partial charge in [-0.3, -0.25) is 9.59 Å². The Kier molecular flexibility index (Phi) is 7.15. The summed E-state index contributed by atoms with van der Waals surface area (Å²) in [6.45, 7) is 12.1. The Morgan fingerprint density at radius 3 is 2.52 bits per heavy atom. The highest BCUT2D eigenvalue weighted by Crippen LogP contribution is 2.34. The van der Waals surface area contributed by atoms with E-state index < -0.39 is 5.60 Å². The van der Waals surface area contributed by atoms with Crippen molar-refractivity contribution in [2.75, 3.05) is 29.9 Å². The monoisotopic (exact) mass is 568 g/mol. The molecular formula is C31H36N8O3. The van der Waals surface area contributed by atoms with Crippen LogP contribution < -0.4 is 15.8 Å². The topological polar surface area (TPSA) is 121 Å². The number of nitrogens with one attached hydrogen (secondary N) is 1. The van der Waals surface area contributed by atoms with Crippen LogP contribution in [0.1, 0.15) is 39.3 Å². The van der Waals surface area contributed by atoms with Crippen LogP contribution in [0.5, 0.6) is 0 Å². The van der Waals surface area contributed by atoms with Crippen molar-refractivity contribution in [3.63, 3.8) is 0 Å². The number of benzene rings is 1. The number of pyridine rings is 1. The fraction of sp³-hybridized carbons (Fsp3) is 0.387. The fourth-order valence-corrected chi connectivity index (χ4v) is 6.16. The molecule has 0 radical (unpaired) electrons. The van der Waals surface area contributed by atoms with Gasteiger partial charge in [0.05, 0.1) is 18.3 Å². The summed E-state index contributed by atoms with van der Waals surface area (Å²) in [5.74, 6) is 1.32. The number of piperidine rings is 3. The van der Waals surface area contributed by atoms with Gasteiger partial charge in [-0.2, -0.15) is 4.98 Å². The second-order valence-electron chi connectivity index (χ2n) is 11.6. The number of nitrogens with zero attached hydrogens (tertiary/aromatic N) is 7. The van der Waals surface area contributed by atoms with Crippen LogP contribution in [0.15, 0.2) is 66.1 Å². The van der Waals surface area contributed by atoms with Gasteiger partial charge in [-0.1, -0.05) is 12.1 Å². The highest BCUT2D eigenvalue weighted by molar-refractivity contribution is 5.92. The Balaban J connectivity index is 1.32. The Labute approximate surface area is 244 Å². The lowest BCUT2D eigenvalue weighted by atomic mass is 9.83. The maximum absolute atomic E-state index is 13.3. The first-order valence-electron chi connectivity index (χ1n) is 14.3. The van der Waals surface area contributed by atoms with E-state index in [0.717, 1.165) is 43.9 Å². The van der Waals surface area contributed by atoms with Crippen LogP contribution >= 0.6 is 0 Å². The van der Waals surface area contributed by atoms with E-state index in [1.54, 1.807) is 49.7 Å². The van der Waals surface area contributed by atoms with Gasteiger partial charge in [-0.05, 0) is 82.1 Å². The Hall–Kier alpha value is -4.35. The zero-order valence-electron chi connectivity index (χ0n) is 24.2. The normalized spacial score (nSPS) is 20.0. The molecule has 0 spiro atoms. The van der Waals surface area contributed by atoms with Crippen molar-refractivity contribution >= 4 is 34.3 Å². The molecule has 1 unspecified atom stereocenters. The zero-order chi connectivity index (χ0) is 29.6. The number of carbonyl (C=O) groups is 1. The first-order valence-corrected chi connectivity index (χ1v) is 14.3. The summed E-state index contributed by atoms with van der Waals surface area (Å²) in [6, 6.07) is 13.2. The molecular weight excluding hydrogens is 532 g/mol. The molecule has 2 bridgehead atoms. The number of aliphatic hydroxyl groups is 1. The number of aromatic nitrogens is 5. The molecule has 4 aromatic rings. The van der Waals surface area contributed by atoms with Crippen molar-refractivity contribution < 1.29 is 9.90 Å². The number of anilines is 3. The smallest absolute Gasteiger partial charge is 0.278 e. The Bertz CT molecular complexity index is 1690. The van der Waals surface area contributed by atoms with Gasteiger partial charge >= 0.3 is 0 Å². The summed E-state index contributed by atoms with van der Waals surface area (Å²) >= 11 is 0. The predicted octanol–water partition coefficient (Wildman–Crippen LogP) is 3.58.